The van der Waals surface area contributed by atoms with E-state index in [1.807, 2.05) is 0 Å². The fourth-order valence-electron chi connectivity index (χ4n) is 5.41. The van der Waals surface area contributed by atoms with Crippen molar-refractivity contribution in [3.05, 3.63) is 53.7 Å². The third-order valence-electron chi connectivity index (χ3n) is 7.54. The average Bonchev–Trinajstić information content (AvgIpc) is 3.50. The van der Waals surface area contributed by atoms with Crippen molar-refractivity contribution >= 4 is 23.3 Å². The molecule has 0 spiro atoms. The first-order chi connectivity index (χ1) is 19.6. The van der Waals surface area contributed by atoms with Crippen LogP contribution in [0.25, 0.3) is 0 Å². The molecule has 1 aromatic rings. The Bertz CT molecular complexity index is 1210. The number of nitrogens with zero attached hydrogens (tertiary/aromatic N) is 3. The van der Waals surface area contributed by atoms with E-state index in [0.29, 0.717) is 12.1 Å². The summed E-state index contributed by atoms with van der Waals surface area (Å²) in [6, 6.07) is 0.0676. The molecule has 0 radical (unpaired) electrons. The van der Waals surface area contributed by atoms with Gasteiger partial charge in [-0.1, -0.05) is 0 Å². The average molecular weight is 814 g/mol. The summed E-state index contributed by atoms with van der Waals surface area (Å²) < 4.78 is 37.5. The van der Waals surface area contributed by atoms with Gasteiger partial charge in [0, 0.05) is 0 Å². The molecule has 2 atom stereocenters. The van der Waals surface area contributed by atoms with Crippen molar-refractivity contribution in [2.24, 2.45) is 5.41 Å². The molecule has 0 fully saturated rings. The van der Waals surface area contributed by atoms with Crippen LogP contribution in [0, 0.1) is 5.41 Å². The van der Waals surface area contributed by atoms with Gasteiger partial charge in [0.25, 0.3) is 0 Å². The molecule has 4 rings (SSSR count). The number of amides is 2. The van der Waals surface area contributed by atoms with Crippen LogP contribution < -0.4 is 53.3 Å². The summed E-state index contributed by atoms with van der Waals surface area (Å²) in [6.07, 6.45) is 15.5. The van der Waals surface area contributed by atoms with Gasteiger partial charge in [0.1, 0.15) is 0 Å². The van der Waals surface area contributed by atoms with Gasteiger partial charge in [0.05, 0.1) is 0 Å². The number of hydrogen-bond donors (Lipinski definition) is 2. The summed E-state index contributed by atoms with van der Waals surface area (Å²) >= 11 is 0.549. The topological polar surface area (TPSA) is 87.2 Å². The Balaban J connectivity index is 1.40. The number of carbonyl (C=O) groups is 2. The molecular formula is C29H39F2I2N5O2S-2. The van der Waals surface area contributed by atoms with Gasteiger partial charge in [0.15, 0.2) is 0 Å². The predicted molar refractivity (Wildman–Crippen MR) is 150 cm³/mol. The first-order valence-electron chi connectivity index (χ1n) is 14.1. The van der Waals surface area contributed by atoms with E-state index in [0.717, 1.165) is 79.9 Å². The Hall–Kier alpha value is -1.26. The van der Waals surface area contributed by atoms with E-state index in [4.69, 9.17) is 0 Å². The molecule has 3 aliphatic rings. The van der Waals surface area contributed by atoms with Gasteiger partial charge in [-0.05, 0) is 0 Å². The first-order valence-corrected chi connectivity index (χ1v) is 19.6. The van der Waals surface area contributed by atoms with E-state index >= 15 is 0 Å². The minimum atomic E-state index is -2.96. The molecule has 1 aliphatic heterocycles. The maximum absolute atomic E-state index is 14.0. The van der Waals surface area contributed by atoms with Crippen LogP contribution in [-0.2, 0) is 4.79 Å². The van der Waals surface area contributed by atoms with E-state index in [1.54, 1.807) is 5.38 Å². The van der Waals surface area contributed by atoms with Crippen LogP contribution in [0.1, 0.15) is 75.7 Å². The van der Waals surface area contributed by atoms with Crippen molar-refractivity contribution in [2.45, 2.75) is 77.2 Å². The van der Waals surface area contributed by atoms with Crippen molar-refractivity contribution in [3.63, 3.8) is 0 Å². The fraction of sp³-hybridized carbons (Fsp3) is 0.586. The number of carbonyl (C=O) groups excluding carboxylic acids is 2. The zero-order valence-electron chi connectivity index (χ0n) is 23.8. The molecule has 2 amide bonds. The Kier molecular flexibility index (Phi) is 11.9. The van der Waals surface area contributed by atoms with Crippen molar-refractivity contribution < 1.29 is 61.1 Å². The number of alkyl halides is 3. The van der Waals surface area contributed by atoms with Gasteiger partial charge in [0.2, 0.25) is 0 Å². The SMILES string of the molecule is CC[C@H](CCN(C)[I-]CCCC1(C(=O)NCC(C)(F)F)C2=C(CCC=C2)[I-]C2=C1CCC=C2)NC(=O)c1csnn1. The molecular weight excluding hydrogens is 774 g/mol. The number of halogens is 4. The molecule has 2 heterocycles. The normalized spacial score (nSPS) is 21.4. The summed E-state index contributed by atoms with van der Waals surface area (Å²) in [5.74, 6) is -3.39. The Morgan fingerprint density at radius 2 is 2.05 bits per heavy atom. The van der Waals surface area contributed by atoms with Gasteiger partial charge in [-0.25, -0.2) is 0 Å². The maximum atomic E-state index is 14.0. The first kappa shape index (κ1) is 32.6. The standard InChI is InChI=1S/C29H39F2I2N5O2S/c1-4-20(35-26(39)25-18-41-37-36-25)14-17-38(3)32-16-9-15-29(27(40)34-19-28(2,30)31)21-10-5-7-12-23(21)33-24-13-8-6-11-22(24)29/h5,8,10,13,18,20H,4,6-7,9,11-12,14-17,19H2,1-3H3,(H,34,40)(H,35,39)/q-2/t20-,29?/m1/s1. The number of hydrogen-bond acceptors (Lipinski definition) is 6. The van der Waals surface area contributed by atoms with E-state index < -0.39 is 17.9 Å². The van der Waals surface area contributed by atoms with Crippen LogP contribution in [0.3, 0.4) is 0 Å². The van der Waals surface area contributed by atoms with Gasteiger partial charge in [-0.2, -0.15) is 0 Å². The van der Waals surface area contributed by atoms with Gasteiger partial charge >= 0.3 is 269 Å². The van der Waals surface area contributed by atoms with E-state index in [9.17, 15) is 18.4 Å². The van der Waals surface area contributed by atoms with Crippen LogP contribution in [0.2, 0.25) is 0 Å². The Labute approximate surface area is 266 Å². The quantitative estimate of drug-likeness (QED) is 0.112. The van der Waals surface area contributed by atoms with Gasteiger partial charge in [-0.15, -0.1) is 0 Å². The van der Waals surface area contributed by atoms with E-state index in [2.05, 4.69) is 61.6 Å². The fourth-order valence-corrected chi connectivity index (χ4v) is 11.7. The number of aromatic nitrogens is 2. The molecule has 12 heteroatoms. The van der Waals surface area contributed by atoms with Gasteiger partial charge in [-0.3, -0.25) is 0 Å². The second kappa shape index (κ2) is 15.0. The molecule has 1 unspecified atom stereocenters. The van der Waals surface area contributed by atoms with Crippen LogP contribution in [0.5, 0.6) is 0 Å². The van der Waals surface area contributed by atoms with Gasteiger partial charge < -0.3 is 0 Å². The number of allylic oxidation sites excluding steroid dienone is 6. The number of nitrogens with one attached hydrogen (secondary N) is 2. The zero-order chi connectivity index (χ0) is 29.5. The predicted octanol–water partition coefficient (Wildman–Crippen LogP) is -0.779. The molecule has 41 heavy (non-hydrogen) atoms. The summed E-state index contributed by atoms with van der Waals surface area (Å²) in [7, 11) is 2.13. The van der Waals surface area contributed by atoms with Crippen LogP contribution in [0.4, 0.5) is 8.78 Å². The summed E-state index contributed by atoms with van der Waals surface area (Å²) in [5, 5.41) is 11.2. The third kappa shape index (κ3) is 8.43. The van der Waals surface area contributed by atoms with Crippen molar-refractivity contribution in [1.29, 1.82) is 0 Å². The summed E-state index contributed by atoms with van der Waals surface area (Å²) in [4.78, 5) is 26.4. The van der Waals surface area contributed by atoms with Crippen LogP contribution >= 0.6 is 11.5 Å². The monoisotopic (exact) mass is 813 g/mol. The zero-order valence-corrected chi connectivity index (χ0v) is 29.0. The second-order valence-electron chi connectivity index (χ2n) is 10.7. The molecule has 7 nitrogen and oxygen atoms in total. The molecule has 0 saturated heterocycles. The van der Waals surface area contributed by atoms with E-state index in [-0.39, 0.29) is 60.5 Å². The molecule has 0 saturated carbocycles. The van der Waals surface area contributed by atoms with Crippen molar-refractivity contribution in [3.8, 4) is 0 Å². The molecule has 2 N–H and O–H groups in total. The summed E-state index contributed by atoms with van der Waals surface area (Å²) in [5.41, 5.74) is 1.79. The Morgan fingerprint density at radius 3 is 2.78 bits per heavy atom. The van der Waals surface area contributed by atoms with Crippen LogP contribution in [-0.4, -0.2) is 61.0 Å². The third-order valence-corrected chi connectivity index (χ3v) is 14.3. The molecule has 1 aromatic heterocycles. The Morgan fingerprint density at radius 1 is 1.27 bits per heavy atom. The van der Waals surface area contributed by atoms with Crippen molar-refractivity contribution in [1.82, 2.24) is 23.3 Å². The summed E-state index contributed by atoms with van der Waals surface area (Å²) in [6.45, 7) is 3.16. The molecule has 2 aliphatic carbocycles. The molecule has 228 valence electrons. The van der Waals surface area contributed by atoms with E-state index in [1.165, 1.54) is 12.7 Å². The molecule has 0 aromatic carbocycles. The number of rotatable bonds is 14. The van der Waals surface area contributed by atoms with Crippen LogP contribution in [0.15, 0.2) is 48.0 Å². The molecule has 0 bridgehead atoms. The van der Waals surface area contributed by atoms with Crippen molar-refractivity contribution in [2.75, 3.05) is 24.6 Å². The second-order valence-corrected chi connectivity index (χ2v) is 17.7. The minimum absolute atomic E-state index is 0.0676.